The summed E-state index contributed by atoms with van der Waals surface area (Å²) in [5.41, 5.74) is 0. The topological polar surface area (TPSA) is 41.5 Å². The Labute approximate surface area is 113 Å². The van der Waals surface area contributed by atoms with Crippen LogP contribution in [0.2, 0.25) is 0 Å². The highest BCUT2D eigenvalue weighted by Crippen LogP contribution is 2.47. The second-order valence-corrected chi connectivity index (χ2v) is 7.93. The summed E-state index contributed by atoms with van der Waals surface area (Å²) in [6, 6.07) is 0.473. The maximum atomic E-state index is 12.1. The van der Waals surface area contributed by atoms with Crippen LogP contribution >= 0.6 is 11.8 Å². The smallest absolute Gasteiger partial charge is 0.242 e. The SMILES string of the molecule is CC(C)C1(C)SC(=NC2C[C@H]3CC[C@@H]2C3)NC1=O. The number of rotatable bonds is 2. The van der Waals surface area contributed by atoms with Gasteiger partial charge in [0, 0.05) is 0 Å². The Morgan fingerprint density at radius 3 is 2.67 bits per heavy atom. The number of carbonyl (C=O) groups excluding carboxylic acids is 1. The van der Waals surface area contributed by atoms with E-state index in [0.717, 1.165) is 17.0 Å². The van der Waals surface area contributed by atoms with Gasteiger partial charge < -0.3 is 5.32 Å². The summed E-state index contributed by atoms with van der Waals surface area (Å²) in [6.45, 7) is 6.24. The number of thioether (sulfide) groups is 1. The number of nitrogens with one attached hydrogen (secondary N) is 1. The van der Waals surface area contributed by atoms with Gasteiger partial charge in [0.05, 0.1) is 6.04 Å². The number of amides is 1. The normalized spacial score (nSPS) is 45.2. The summed E-state index contributed by atoms with van der Waals surface area (Å²) in [7, 11) is 0. The summed E-state index contributed by atoms with van der Waals surface area (Å²) in [5, 5.41) is 3.86. The van der Waals surface area contributed by atoms with Gasteiger partial charge in [-0.25, -0.2) is 0 Å². The summed E-state index contributed by atoms with van der Waals surface area (Å²) < 4.78 is -0.337. The van der Waals surface area contributed by atoms with Crippen molar-refractivity contribution in [2.45, 2.75) is 57.2 Å². The Morgan fingerprint density at radius 2 is 2.17 bits per heavy atom. The van der Waals surface area contributed by atoms with Gasteiger partial charge in [-0.3, -0.25) is 9.79 Å². The van der Waals surface area contributed by atoms with Crippen LogP contribution in [0.5, 0.6) is 0 Å². The largest absolute Gasteiger partial charge is 0.304 e. The van der Waals surface area contributed by atoms with Crippen molar-refractivity contribution in [1.82, 2.24) is 5.32 Å². The number of amidine groups is 1. The molecule has 2 bridgehead atoms. The van der Waals surface area contributed by atoms with E-state index in [9.17, 15) is 4.79 Å². The molecule has 1 aliphatic heterocycles. The second kappa shape index (κ2) is 4.26. The quantitative estimate of drug-likeness (QED) is 0.835. The van der Waals surface area contributed by atoms with Crippen LogP contribution in [-0.4, -0.2) is 21.9 Å². The van der Waals surface area contributed by atoms with E-state index in [1.165, 1.54) is 25.7 Å². The summed E-state index contributed by atoms with van der Waals surface area (Å²) in [4.78, 5) is 16.9. The third-order valence-corrected chi connectivity index (χ3v) is 6.55. The van der Waals surface area contributed by atoms with Crippen molar-refractivity contribution >= 4 is 22.8 Å². The van der Waals surface area contributed by atoms with E-state index in [-0.39, 0.29) is 10.7 Å². The van der Waals surface area contributed by atoms with Gasteiger partial charge in [0.25, 0.3) is 0 Å². The van der Waals surface area contributed by atoms with Crippen LogP contribution in [0.4, 0.5) is 0 Å². The maximum absolute atomic E-state index is 12.1. The molecule has 3 fully saturated rings. The highest BCUT2D eigenvalue weighted by Gasteiger charge is 2.46. The monoisotopic (exact) mass is 266 g/mol. The molecule has 4 heteroatoms. The lowest BCUT2D eigenvalue weighted by Gasteiger charge is -2.23. The van der Waals surface area contributed by atoms with Gasteiger partial charge in [0.2, 0.25) is 5.91 Å². The fourth-order valence-corrected chi connectivity index (χ4v) is 4.57. The number of aliphatic imine (C=N–C) groups is 1. The van der Waals surface area contributed by atoms with E-state index in [1.807, 2.05) is 6.92 Å². The Balaban J connectivity index is 1.74. The van der Waals surface area contributed by atoms with Crippen LogP contribution in [0.3, 0.4) is 0 Å². The molecule has 100 valence electrons. The van der Waals surface area contributed by atoms with Crippen LogP contribution in [0.15, 0.2) is 4.99 Å². The minimum absolute atomic E-state index is 0.129. The maximum Gasteiger partial charge on any atom is 0.242 e. The van der Waals surface area contributed by atoms with E-state index in [2.05, 4.69) is 19.2 Å². The number of nitrogens with zero attached hydrogens (tertiary/aromatic N) is 1. The molecule has 3 nitrogen and oxygen atoms in total. The van der Waals surface area contributed by atoms with Crippen LogP contribution < -0.4 is 5.32 Å². The fraction of sp³-hybridized carbons (Fsp3) is 0.857. The summed E-state index contributed by atoms with van der Waals surface area (Å²) in [5.74, 6) is 2.15. The Kier molecular flexibility index (Phi) is 2.96. The molecule has 2 saturated carbocycles. The van der Waals surface area contributed by atoms with Crippen molar-refractivity contribution in [2.24, 2.45) is 22.7 Å². The van der Waals surface area contributed by atoms with Crippen molar-refractivity contribution in [2.75, 3.05) is 0 Å². The molecular formula is C14H22N2OS. The van der Waals surface area contributed by atoms with Crippen molar-refractivity contribution in [1.29, 1.82) is 0 Å². The molecular weight excluding hydrogens is 244 g/mol. The first kappa shape index (κ1) is 12.5. The number of hydrogen-bond acceptors (Lipinski definition) is 3. The Morgan fingerprint density at radius 1 is 1.39 bits per heavy atom. The lowest BCUT2D eigenvalue weighted by Crippen LogP contribution is -2.38. The third kappa shape index (κ3) is 1.89. The van der Waals surface area contributed by atoms with Crippen molar-refractivity contribution in [3.8, 4) is 0 Å². The number of fused-ring (bicyclic) bond motifs is 2. The zero-order chi connectivity index (χ0) is 12.9. The van der Waals surface area contributed by atoms with E-state index in [1.54, 1.807) is 11.8 Å². The molecule has 0 spiro atoms. The van der Waals surface area contributed by atoms with Gasteiger partial charge in [0.15, 0.2) is 5.17 Å². The third-order valence-electron chi connectivity index (χ3n) is 5.07. The van der Waals surface area contributed by atoms with Gasteiger partial charge in [-0.1, -0.05) is 32.0 Å². The zero-order valence-corrected chi connectivity index (χ0v) is 12.2. The van der Waals surface area contributed by atoms with E-state index < -0.39 is 0 Å². The summed E-state index contributed by atoms with van der Waals surface area (Å²) >= 11 is 1.63. The van der Waals surface area contributed by atoms with Gasteiger partial charge in [-0.05, 0) is 43.9 Å². The molecule has 4 atom stereocenters. The molecule has 0 aromatic rings. The van der Waals surface area contributed by atoms with Gasteiger partial charge in [0.1, 0.15) is 4.75 Å². The number of hydrogen-bond donors (Lipinski definition) is 1. The molecule has 3 aliphatic rings. The van der Waals surface area contributed by atoms with Crippen molar-refractivity contribution in [3.63, 3.8) is 0 Å². The summed E-state index contributed by atoms with van der Waals surface area (Å²) in [6.07, 6.45) is 5.34. The minimum Gasteiger partial charge on any atom is -0.304 e. The molecule has 0 aromatic carbocycles. The van der Waals surface area contributed by atoms with Gasteiger partial charge in [-0.2, -0.15) is 0 Å². The molecule has 18 heavy (non-hydrogen) atoms. The predicted molar refractivity (Wildman–Crippen MR) is 75.6 cm³/mol. The molecule has 0 radical (unpaired) electrons. The first-order valence-corrected chi connectivity index (χ1v) is 7.89. The Bertz CT molecular complexity index is 407. The standard InChI is InChI=1S/C14H22N2OS/c1-8(2)14(3)12(17)16-13(18-14)15-11-7-9-4-5-10(11)6-9/h8-11H,4-7H2,1-3H3,(H,15,16,17)/t9-,10+,11?,14?/m0/s1. The van der Waals surface area contributed by atoms with Crippen LogP contribution in [0, 0.1) is 17.8 Å². The van der Waals surface area contributed by atoms with Gasteiger partial charge >= 0.3 is 0 Å². The van der Waals surface area contributed by atoms with Crippen LogP contribution in [0.1, 0.15) is 46.5 Å². The van der Waals surface area contributed by atoms with E-state index in [4.69, 9.17) is 4.99 Å². The molecule has 1 saturated heterocycles. The average molecular weight is 266 g/mol. The molecule has 1 N–H and O–H groups in total. The highest BCUT2D eigenvalue weighted by atomic mass is 32.2. The van der Waals surface area contributed by atoms with Crippen LogP contribution in [0.25, 0.3) is 0 Å². The minimum atomic E-state index is -0.337. The number of carbonyl (C=O) groups is 1. The Hall–Kier alpha value is -0.510. The zero-order valence-electron chi connectivity index (χ0n) is 11.4. The molecule has 2 aliphatic carbocycles. The highest BCUT2D eigenvalue weighted by molar-refractivity contribution is 8.16. The first-order valence-electron chi connectivity index (χ1n) is 7.07. The molecule has 3 rings (SSSR count). The lowest BCUT2D eigenvalue weighted by atomic mass is 9.96. The van der Waals surface area contributed by atoms with Gasteiger partial charge in [-0.15, -0.1) is 0 Å². The molecule has 1 heterocycles. The fourth-order valence-electron chi connectivity index (χ4n) is 3.45. The molecule has 0 aromatic heterocycles. The van der Waals surface area contributed by atoms with Crippen LogP contribution in [-0.2, 0) is 4.79 Å². The molecule has 1 amide bonds. The van der Waals surface area contributed by atoms with Crippen molar-refractivity contribution < 1.29 is 4.79 Å². The lowest BCUT2D eigenvalue weighted by molar-refractivity contribution is -0.122. The first-order chi connectivity index (χ1) is 8.49. The van der Waals surface area contributed by atoms with E-state index in [0.29, 0.717) is 12.0 Å². The predicted octanol–water partition coefficient (Wildman–Crippen LogP) is 2.81. The van der Waals surface area contributed by atoms with Crippen molar-refractivity contribution in [3.05, 3.63) is 0 Å². The average Bonchev–Trinajstić information content (AvgIpc) is 2.95. The van der Waals surface area contributed by atoms with E-state index >= 15 is 0 Å². The second-order valence-electron chi connectivity index (χ2n) is 6.49. The molecule has 2 unspecified atom stereocenters.